The van der Waals surface area contributed by atoms with Gasteiger partial charge in [-0.05, 0) is 13.8 Å². The SMILES string of the molecule is CN(C(=O)CN1C(=O)CNC1=O)C(C)(C)CO. The van der Waals surface area contributed by atoms with Crippen molar-refractivity contribution < 1.29 is 19.5 Å². The third kappa shape index (κ3) is 2.73. The minimum absolute atomic E-state index is 0.0702. The van der Waals surface area contributed by atoms with E-state index in [0.717, 1.165) is 4.90 Å². The predicted molar refractivity (Wildman–Crippen MR) is 59.0 cm³/mol. The molecule has 1 fully saturated rings. The van der Waals surface area contributed by atoms with Crippen LogP contribution in [-0.2, 0) is 9.59 Å². The van der Waals surface area contributed by atoms with E-state index >= 15 is 0 Å². The van der Waals surface area contributed by atoms with Gasteiger partial charge in [0.1, 0.15) is 6.54 Å². The Morgan fingerprint density at radius 3 is 2.53 bits per heavy atom. The third-order valence-electron chi connectivity index (χ3n) is 2.90. The fourth-order valence-corrected chi connectivity index (χ4v) is 1.30. The average Bonchev–Trinajstić information content (AvgIpc) is 2.59. The highest BCUT2D eigenvalue weighted by molar-refractivity contribution is 6.04. The topological polar surface area (TPSA) is 90.0 Å². The first-order valence-corrected chi connectivity index (χ1v) is 5.25. The first kappa shape index (κ1) is 13.4. The normalized spacial score (nSPS) is 16.1. The van der Waals surface area contributed by atoms with Crippen molar-refractivity contribution >= 4 is 17.8 Å². The van der Waals surface area contributed by atoms with Crippen molar-refractivity contribution in [1.29, 1.82) is 0 Å². The van der Waals surface area contributed by atoms with E-state index in [-0.39, 0.29) is 19.7 Å². The summed E-state index contributed by atoms with van der Waals surface area (Å²) >= 11 is 0. The summed E-state index contributed by atoms with van der Waals surface area (Å²) < 4.78 is 0. The number of nitrogens with zero attached hydrogens (tertiary/aromatic N) is 2. The van der Waals surface area contributed by atoms with Gasteiger partial charge in [-0.3, -0.25) is 14.5 Å². The van der Waals surface area contributed by atoms with Crippen molar-refractivity contribution in [3.05, 3.63) is 0 Å². The maximum Gasteiger partial charge on any atom is 0.325 e. The molecule has 4 amide bonds. The number of urea groups is 1. The molecular formula is C10H17N3O4. The fraction of sp³-hybridized carbons (Fsp3) is 0.700. The number of likely N-dealkylation sites (N-methyl/N-ethyl adjacent to an activating group) is 1. The highest BCUT2D eigenvalue weighted by Gasteiger charge is 2.34. The van der Waals surface area contributed by atoms with E-state index in [0.29, 0.717) is 0 Å². The molecule has 0 saturated carbocycles. The molecule has 0 bridgehead atoms. The van der Waals surface area contributed by atoms with Crippen LogP contribution in [0.3, 0.4) is 0 Å². The summed E-state index contributed by atoms with van der Waals surface area (Å²) in [5.74, 6) is -0.812. The van der Waals surface area contributed by atoms with Crippen LogP contribution in [0.15, 0.2) is 0 Å². The molecule has 0 unspecified atom stereocenters. The number of carbonyl (C=O) groups excluding carboxylic acids is 3. The highest BCUT2D eigenvalue weighted by atomic mass is 16.3. The summed E-state index contributed by atoms with van der Waals surface area (Å²) in [5, 5.41) is 11.5. The third-order valence-corrected chi connectivity index (χ3v) is 2.90. The first-order valence-electron chi connectivity index (χ1n) is 5.25. The van der Waals surface area contributed by atoms with Gasteiger partial charge in [0.15, 0.2) is 0 Å². The molecular weight excluding hydrogens is 226 g/mol. The Hall–Kier alpha value is -1.63. The first-order chi connectivity index (χ1) is 7.79. The van der Waals surface area contributed by atoms with Gasteiger partial charge in [-0.15, -0.1) is 0 Å². The maximum absolute atomic E-state index is 11.8. The van der Waals surface area contributed by atoms with Crippen molar-refractivity contribution in [1.82, 2.24) is 15.1 Å². The molecule has 7 heteroatoms. The zero-order valence-corrected chi connectivity index (χ0v) is 10.2. The van der Waals surface area contributed by atoms with Gasteiger partial charge < -0.3 is 15.3 Å². The lowest BCUT2D eigenvalue weighted by atomic mass is 10.1. The van der Waals surface area contributed by atoms with Crippen molar-refractivity contribution in [3.63, 3.8) is 0 Å². The van der Waals surface area contributed by atoms with Crippen LogP contribution in [0.5, 0.6) is 0 Å². The number of hydrogen-bond donors (Lipinski definition) is 2. The Labute approximate surface area is 99.4 Å². The monoisotopic (exact) mass is 243 g/mol. The lowest BCUT2D eigenvalue weighted by Gasteiger charge is -2.34. The Morgan fingerprint density at radius 2 is 2.12 bits per heavy atom. The summed E-state index contributed by atoms with van der Waals surface area (Å²) in [6.45, 7) is 2.81. The van der Waals surface area contributed by atoms with E-state index in [2.05, 4.69) is 5.32 Å². The van der Waals surface area contributed by atoms with Gasteiger partial charge in [0.25, 0.3) is 5.91 Å². The number of aliphatic hydroxyl groups excluding tert-OH is 1. The van der Waals surface area contributed by atoms with Gasteiger partial charge in [0, 0.05) is 7.05 Å². The van der Waals surface area contributed by atoms with E-state index in [1.807, 2.05) is 0 Å². The van der Waals surface area contributed by atoms with Crippen LogP contribution >= 0.6 is 0 Å². The van der Waals surface area contributed by atoms with Crippen molar-refractivity contribution in [2.75, 3.05) is 26.7 Å². The lowest BCUT2D eigenvalue weighted by Crippen LogP contribution is -2.51. The molecule has 1 saturated heterocycles. The number of aliphatic hydroxyl groups is 1. The van der Waals surface area contributed by atoms with Crippen molar-refractivity contribution in [2.24, 2.45) is 0 Å². The molecule has 0 aromatic carbocycles. The van der Waals surface area contributed by atoms with E-state index in [9.17, 15) is 14.4 Å². The molecule has 0 spiro atoms. The molecule has 96 valence electrons. The van der Waals surface area contributed by atoms with Crippen molar-refractivity contribution in [2.45, 2.75) is 19.4 Å². The fourth-order valence-electron chi connectivity index (χ4n) is 1.30. The number of imide groups is 1. The van der Waals surface area contributed by atoms with Gasteiger partial charge in [-0.25, -0.2) is 4.79 Å². The van der Waals surface area contributed by atoms with Gasteiger partial charge in [-0.2, -0.15) is 0 Å². The quantitative estimate of drug-likeness (QED) is 0.605. The Balaban J connectivity index is 2.66. The van der Waals surface area contributed by atoms with E-state index in [1.54, 1.807) is 13.8 Å². The molecule has 0 aliphatic carbocycles. The second-order valence-electron chi connectivity index (χ2n) is 4.56. The Morgan fingerprint density at radius 1 is 1.53 bits per heavy atom. The molecule has 17 heavy (non-hydrogen) atoms. The standard InChI is InChI=1S/C10H17N3O4/c1-10(2,6-14)12(3)8(16)5-13-7(15)4-11-9(13)17/h14H,4-6H2,1-3H3,(H,11,17). The van der Waals surface area contributed by atoms with Crippen LogP contribution < -0.4 is 5.32 Å². The zero-order chi connectivity index (χ0) is 13.2. The minimum Gasteiger partial charge on any atom is -0.394 e. The molecule has 0 radical (unpaired) electrons. The minimum atomic E-state index is -0.726. The van der Waals surface area contributed by atoms with Gasteiger partial charge in [-0.1, -0.05) is 0 Å². The van der Waals surface area contributed by atoms with Crippen LogP contribution in [0.1, 0.15) is 13.8 Å². The van der Waals surface area contributed by atoms with Gasteiger partial charge >= 0.3 is 6.03 Å². The van der Waals surface area contributed by atoms with Crippen LogP contribution in [0.2, 0.25) is 0 Å². The largest absolute Gasteiger partial charge is 0.394 e. The zero-order valence-electron chi connectivity index (χ0n) is 10.2. The smallest absolute Gasteiger partial charge is 0.325 e. The number of nitrogens with one attached hydrogen (secondary N) is 1. The number of carbonyl (C=O) groups is 3. The summed E-state index contributed by atoms with van der Waals surface area (Å²) in [6.07, 6.45) is 0. The van der Waals surface area contributed by atoms with Crippen LogP contribution in [0.4, 0.5) is 4.79 Å². The lowest BCUT2D eigenvalue weighted by molar-refractivity contribution is -0.140. The van der Waals surface area contributed by atoms with E-state index in [1.165, 1.54) is 11.9 Å². The summed E-state index contributed by atoms with van der Waals surface area (Å²) in [5.41, 5.74) is -0.726. The summed E-state index contributed by atoms with van der Waals surface area (Å²) in [7, 11) is 1.52. The molecule has 0 aromatic rings. The molecule has 0 atom stereocenters. The van der Waals surface area contributed by atoms with Crippen molar-refractivity contribution in [3.8, 4) is 0 Å². The van der Waals surface area contributed by atoms with E-state index in [4.69, 9.17) is 5.11 Å². The molecule has 1 aliphatic heterocycles. The molecule has 2 N–H and O–H groups in total. The second-order valence-corrected chi connectivity index (χ2v) is 4.56. The van der Waals surface area contributed by atoms with Gasteiger partial charge in [0.2, 0.25) is 5.91 Å². The van der Waals surface area contributed by atoms with Gasteiger partial charge in [0.05, 0.1) is 18.7 Å². The second kappa shape index (κ2) is 4.70. The maximum atomic E-state index is 11.8. The Kier molecular flexibility index (Phi) is 3.72. The number of amides is 4. The molecule has 1 rings (SSSR count). The molecule has 7 nitrogen and oxygen atoms in total. The van der Waals surface area contributed by atoms with Crippen LogP contribution in [-0.4, -0.2) is 65.0 Å². The van der Waals surface area contributed by atoms with Crippen LogP contribution in [0.25, 0.3) is 0 Å². The van der Waals surface area contributed by atoms with E-state index < -0.39 is 23.4 Å². The summed E-state index contributed by atoms with van der Waals surface area (Å²) in [6, 6.07) is -0.557. The Bertz CT molecular complexity index is 337. The number of hydrogen-bond acceptors (Lipinski definition) is 4. The highest BCUT2D eigenvalue weighted by Crippen LogP contribution is 2.12. The molecule has 0 aromatic heterocycles. The number of rotatable bonds is 4. The molecule has 1 aliphatic rings. The predicted octanol–water partition coefficient (Wildman–Crippen LogP) is -1.23. The van der Waals surface area contributed by atoms with Crippen LogP contribution in [0, 0.1) is 0 Å². The average molecular weight is 243 g/mol. The molecule has 1 heterocycles. The summed E-state index contributed by atoms with van der Waals surface area (Å²) in [4.78, 5) is 36.5.